The number of nitrogens with one attached hydrogen (secondary N) is 2. The van der Waals surface area contributed by atoms with Gasteiger partial charge in [-0.15, -0.1) is 10.2 Å². The molecule has 7 nitrogen and oxygen atoms in total. The zero-order valence-electron chi connectivity index (χ0n) is 13.1. The van der Waals surface area contributed by atoms with Crippen molar-refractivity contribution in [3.05, 3.63) is 36.0 Å². The summed E-state index contributed by atoms with van der Waals surface area (Å²) in [6.07, 6.45) is 3.70. The van der Waals surface area contributed by atoms with Crippen molar-refractivity contribution in [2.45, 2.75) is 27.2 Å². The summed E-state index contributed by atoms with van der Waals surface area (Å²) < 4.78 is 0. The van der Waals surface area contributed by atoms with Gasteiger partial charge < -0.3 is 10.4 Å². The Bertz CT molecular complexity index is 865. The normalized spacial score (nSPS) is 10.3. The van der Waals surface area contributed by atoms with Crippen molar-refractivity contribution in [2.24, 2.45) is 0 Å². The van der Waals surface area contributed by atoms with Gasteiger partial charge in [-0.05, 0) is 18.6 Å². The van der Waals surface area contributed by atoms with Crippen molar-refractivity contribution in [3.63, 3.8) is 0 Å². The van der Waals surface area contributed by atoms with Crippen LogP contribution in [-0.2, 0) is 0 Å². The number of unbranched alkanes of at least 4 members (excludes halogenated alkanes) is 1. The number of nitrogens with zero attached hydrogens (tertiary/aromatic N) is 3. The van der Waals surface area contributed by atoms with Crippen molar-refractivity contribution in [1.82, 2.24) is 15.2 Å². The molecule has 0 fully saturated rings. The summed E-state index contributed by atoms with van der Waals surface area (Å²) >= 11 is 1.25. The highest BCUT2D eigenvalue weighted by atomic mass is 32.1. The smallest absolute Gasteiger partial charge is 0.261 e. The topological polar surface area (TPSA) is 100 Å². The molecule has 1 aromatic carbocycles. The molecule has 3 rings (SSSR count). The molecule has 0 aliphatic heterocycles. The van der Waals surface area contributed by atoms with Gasteiger partial charge in [-0.25, -0.2) is 0 Å². The van der Waals surface area contributed by atoms with Crippen LogP contribution in [0.15, 0.2) is 30.5 Å². The Morgan fingerprint density at radius 1 is 1.24 bits per heavy atom. The lowest BCUT2D eigenvalue weighted by Gasteiger charge is -2.06. The first-order valence-corrected chi connectivity index (χ1v) is 8.46. The van der Waals surface area contributed by atoms with Gasteiger partial charge in [0.15, 0.2) is 5.75 Å². The number of benzene rings is 1. The standard InChI is InChI=1S/C16H17N5O2S.CH4/c1-2-3-8-18-15-20-21-16(24-15)19-14(23)11-7-6-10-5-4-9-17-12(10)13(11)22;/h4-7,9,22H,2-3,8H2,1H3,(H,18,20)(H,19,21,23);1H4. The lowest BCUT2D eigenvalue weighted by Crippen LogP contribution is -2.12. The van der Waals surface area contributed by atoms with Gasteiger partial charge in [0.1, 0.15) is 5.52 Å². The summed E-state index contributed by atoms with van der Waals surface area (Å²) in [5, 5.41) is 25.8. The average Bonchev–Trinajstić information content (AvgIpc) is 3.03. The maximum absolute atomic E-state index is 12.4. The number of phenols is 1. The molecular formula is C17H21N5O2S. The molecule has 0 spiro atoms. The zero-order chi connectivity index (χ0) is 16.9. The first-order valence-electron chi connectivity index (χ1n) is 7.64. The summed E-state index contributed by atoms with van der Waals surface area (Å²) in [6.45, 7) is 2.93. The molecule has 2 heterocycles. The maximum atomic E-state index is 12.4. The molecule has 0 unspecified atom stereocenters. The number of carbonyl (C=O) groups is 1. The Hall–Kier alpha value is -2.74. The molecule has 2 aromatic heterocycles. The monoisotopic (exact) mass is 359 g/mol. The molecule has 0 saturated heterocycles. The van der Waals surface area contributed by atoms with Gasteiger partial charge in [0, 0.05) is 18.1 Å². The van der Waals surface area contributed by atoms with Gasteiger partial charge >= 0.3 is 0 Å². The van der Waals surface area contributed by atoms with Crippen LogP contribution in [0.5, 0.6) is 5.75 Å². The highest BCUT2D eigenvalue weighted by Crippen LogP contribution is 2.28. The van der Waals surface area contributed by atoms with Gasteiger partial charge in [0.25, 0.3) is 5.91 Å². The lowest BCUT2D eigenvalue weighted by molar-refractivity contribution is 0.102. The Morgan fingerprint density at radius 2 is 2.04 bits per heavy atom. The summed E-state index contributed by atoms with van der Waals surface area (Å²) in [5.74, 6) is -0.590. The van der Waals surface area contributed by atoms with E-state index in [4.69, 9.17) is 0 Å². The van der Waals surface area contributed by atoms with Crippen LogP contribution in [-0.4, -0.2) is 32.7 Å². The average molecular weight is 359 g/mol. The fourth-order valence-electron chi connectivity index (χ4n) is 2.19. The van der Waals surface area contributed by atoms with Gasteiger partial charge in [-0.1, -0.05) is 44.2 Å². The van der Waals surface area contributed by atoms with E-state index in [0.29, 0.717) is 15.8 Å². The van der Waals surface area contributed by atoms with Crippen molar-refractivity contribution >= 4 is 38.4 Å². The molecule has 3 aromatic rings. The molecule has 1 amide bonds. The van der Waals surface area contributed by atoms with Crippen molar-refractivity contribution < 1.29 is 9.90 Å². The molecule has 0 bridgehead atoms. The van der Waals surface area contributed by atoms with Crippen LogP contribution >= 0.6 is 11.3 Å². The number of aromatic hydroxyl groups is 1. The number of fused-ring (bicyclic) bond motifs is 1. The number of pyridine rings is 1. The first-order chi connectivity index (χ1) is 11.7. The second-order valence-electron chi connectivity index (χ2n) is 5.18. The first kappa shape index (κ1) is 18.6. The summed E-state index contributed by atoms with van der Waals surface area (Å²) in [7, 11) is 0. The molecule has 3 N–H and O–H groups in total. The van der Waals surface area contributed by atoms with Gasteiger partial charge in [-0.2, -0.15) is 0 Å². The van der Waals surface area contributed by atoms with Gasteiger partial charge in [-0.3, -0.25) is 15.1 Å². The largest absolute Gasteiger partial charge is 0.505 e. The fourth-order valence-corrected chi connectivity index (χ4v) is 2.86. The van der Waals surface area contributed by atoms with E-state index >= 15 is 0 Å². The van der Waals surface area contributed by atoms with Crippen LogP contribution in [0.1, 0.15) is 37.6 Å². The number of phenolic OH excluding ortho intramolecular Hbond substituents is 1. The molecule has 0 radical (unpaired) electrons. The van der Waals surface area contributed by atoms with E-state index in [1.54, 1.807) is 24.4 Å². The Kier molecular flexibility index (Phi) is 6.24. The number of amides is 1. The third-order valence-corrected chi connectivity index (χ3v) is 4.24. The summed E-state index contributed by atoms with van der Waals surface area (Å²) in [4.78, 5) is 16.5. The van der Waals surface area contributed by atoms with E-state index in [2.05, 4.69) is 32.7 Å². The van der Waals surface area contributed by atoms with Gasteiger partial charge in [0.05, 0.1) is 5.56 Å². The minimum atomic E-state index is -0.448. The summed E-state index contributed by atoms with van der Waals surface area (Å²) in [6, 6.07) is 6.91. The third-order valence-electron chi connectivity index (χ3n) is 3.44. The number of carbonyl (C=O) groups excluding carboxylic acids is 1. The van der Waals surface area contributed by atoms with Crippen molar-refractivity contribution in [2.75, 3.05) is 17.2 Å². The van der Waals surface area contributed by atoms with Crippen molar-refractivity contribution in [1.29, 1.82) is 0 Å². The highest BCUT2D eigenvalue weighted by molar-refractivity contribution is 7.19. The van der Waals surface area contributed by atoms with E-state index in [1.807, 2.05) is 6.07 Å². The van der Waals surface area contributed by atoms with Gasteiger partial charge in [0.2, 0.25) is 10.3 Å². The van der Waals surface area contributed by atoms with Crippen LogP contribution in [0, 0.1) is 0 Å². The zero-order valence-corrected chi connectivity index (χ0v) is 13.9. The lowest BCUT2D eigenvalue weighted by atomic mass is 10.1. The number of hydrogen-bond acceptors (Lipinski definition) is 7. The second-order valence-corrected chi connectivity index (χ2v) is 6.16. The molecule has 0 aliphatic rings. The van der Waals surface area contributed by atoms with E-state index in [-0.39, 0.29) is 18.7 Å². The van der Waals surface area contributed by atoms with E-state index in [9.17, 15) is 9.90 Å². The molecule has 25 heavy (non-hydrogen) atoms. The third kappa shape index (κ3) is 4.21. The van der Waals surface area contributed by atoms with Crippen molar-refractivity contribution in [3.8, 4) is 5.75 Å². The van der Waals surface area contributed by atoms with Crippen LogP contribution in [0.25, 0.3) is 10.9 Å². The minimum absolute atomic E-state index is 0. The van der Waals surface area contributed by atoms with Crippen LogP contribution in [0.4, 0.5) is 10.3 Å². The summed E-state index contributed by atoms with van der Waals surface area (Å²) in [5.41, 5.74) is 0.543. The predicted octanol–water partition coefficient (Wildman–Crippen LogP) is 3.89. The molecule has 0 atom stereocenters. The number of hydrogen-bond donors (Lipinski definition) is 3. The Labute approximate surface area is 150 Å². The van der Waals surface area contributed by atoms with E-state index in [0.717, 1.165) is 24.8 Å². The fraction of sp³-hybridized carbons (Fsp3) is 0.294. The van der Waals surface area contributed by atoms with Crippen LogP contribution in [0.2, 0.25) is 0 Å². The van der Waals surface area contributed by atoms with E-state index in [1.165, 1.54) is 11.3 Å². The molecule has 132 valence electrons. The number of aromatic nitrogens is 3. The minimum Gasteiger partial charge on any atom is -0.505 e. The molecule has 0 saturated carbocycles. The second kappa shape index (κ2) is 8.39. The van der Waals surface area contributed by atoms with E-state index < -0.39 is 5.91 Å². The molecular weight excluding hydrogens is 338 g/mol. The predicted molar refractivity (Wildman–Crippen MR) is 101 cm³/mol. The SMILES string of the molecule is C.CCCCNc1nnc(NC(=O)c2ccc3cccnc3c2O)s1. The van der Waals surface area contributed by atoms with Crippen LogP contribution in [0.3, 0.4) is 0 Å². The number of anilines is 2. The van der Waals surface area contributed by atoms with Crippen LogP contribution < -0.4 is 10.6 Å². The highest BCUT2D eigenvalue weighted by Gasteiger charge is 2.16. The Morgan fingerprint density at radius 3 is 2.84 bits per heavy atom. The Balaban J connectivity index is 0.00000225. The molecule has 8 heteroatoms. The maximum Gasteiger partial charge on any atom is 0.261 e. The molecule has 0 aliphatic carbocycles. The quantitative estimate of drug-likeness (QED) is 0.577. The number of rotatable bonds is 6.